The first kappa shape index (κ1) is 25.8. The van der Waals surface area contributed by atoms with E-state index in [0.29, 0.717) is 0 Å². The van der Waals surface area contributed by atoms with Gasteiger partial charge in [-0.05, 0) is 76.1 Å². The van der Waals surface area contributed by atoms with E-state index in [4.69, 9.17) is 0 Å². The minimum Gasteiger partial charge on any atom is -0.311 e. The maximum absolute atomic E-state index is 2.57. The van der Waals surface area contributed by atoms with Crippen molar-refractivity contribution in [2.75, 3.05) is 4.90 Å². The lowest BCUT2D eigenvalue weighted by Crippen LogP contribution is -2.75. The van der Waals surface area contributed by atoms with Crippen molar-refractivity contribution < 1.29 is 0 Å². The van der Waals surface area contributed by atoms with Gasteiger partial charge in [0.25, 0.3) is 0 Å². The topological polar surface area (TPSA) is 3.24 Å². The molecule has 1 nitrogen and oxygen atoms in total. The van der Waals surface area contributed by atoms with Crippen molar-refractivity contribution in [2.45, 2.75) is 13.1 Å². The molecule has 0 radical (unpaired) electrons. The number of benzene rings is 6. The van der Waals surface area contributed by atoms with Gasteiger partial charge in [-0.25, -0.2) is 0 Å². The van der Waals surface area contributed by atoms with E-state index in [-0.39, 0.29) is 6.71 Å². The largest absolute Gasteiger partial charge is 0.311 e. The van der Waals surface area contributed by atoms with E-state index in [1.807, 2.05) is 11.3 Å². The summed E-state index contributed by atoms with van der Waals surface area (Å²) >= 11 is 1.97. The smallest absolute Gasteiger partial charge is 0.244 e. The SMILES string of the molecule is C[Si]1(C)c2cc(N(c3ccccc3)c3ccccc3)ccc2B2c3c(cc(-c4ccccc4)cc31)-c1sc3ccccc3c12. The lowest BCUT2D eigenvalue weighted by atomic mass is 9.38. The van der Waals surface area contributed by atoms with Gasteiger partial charge in [-0.1, -0.05) is 131 Å². The summed E-state index contributed by atoms with van der Waals surface area (Å²) in [6.45, 7) is 5.40. The molecule has 2 aliphatic rings. The summed E-state index contributed by atoms with van der Waals surface area (Å²) in [5.41, 5.74) is 12.2. The number of rotatable bonds is 4. The average Bonchev–Trinajstić information content (AvgIpc) is 3.60. The molecule has 7 aromatic rings. The summed E-state index contributed by atoms with van der Waals surface area (Å²) in [5.74, 6) is 0. The molecule has 0 spiro atoms. The molecule has 44 heavy (non-hydrogen) atoms. The molecular weight excluding hydrogens is 565 g/mol. The van der Waals surface area contributed by atoms with Crippen LogP contribution in [-0.2, 0) is 0 Å². The van der Waals surface area contributed by atoms with Crippen LogP contribution >= 0.6 is 11.3 Å². The second-order valence-corrected chi connectivity index (χ2v) is 17.9. The van der Waals surface area contributed by atoms with Crippen LogP contribution in [0, 0.1) is 0 Å². The summed E-state index contributed by atoms with van der Waals surface area (Å²) in [6.07, 6.45) is 0. The van der Waals surface area contributed by atoms with E-state index < -0.39 is 8.07 Å². The number of fused-ring (bicyclic) bond motifs is 7. The van der Waals surface area contributed by atoms with Crippen LogP contribution in [-0.4, -0.2) is 14.8 Å². The Morgan fingerprint density at radius 3 is 1.89 bits per heavy atom. The third-order valence-corrected chi connectivity index (χ3v) is 14.5. The van der Waals surface area contributed by atoms with Crippen molar-refractivity contribution in [3.8, 4) is 21.6 Å². The maximum atomic E-state index is 2.57. The summed E-state index contributed by atoms with van der Waals surface area (Å²) in [6, 6.07) is 53.9. The fourth-order valence-electron chi connectivity index (χ4n) is 7.70. The van der Waals surface area contributed by atoms with Gasteiger partial charge in [-0.2, -0.15) is 0 Å². The lowest BCUT2D eigenvalue weighted by molar-refractivity contribution is 1.29. The summed E-state index contributed by atoms with van der Waals surface area (Å²) in [4.78, 5) is 3.87. The summed E-state index contributed by atoms with van der Waals surface area (Å²) < 4.78 is 1.38. The molecule has 0 amide bonds. The van der Waals surface area contributed by atoms with Crippen LogP contribution in [0.4, 0.5) is 17.1 Å². The average molecular weight is 596 g/mol. The van der Waals surface area contributed by atoms with E-state index in [1.165, 1.54) is 59.6 Å². The minimum absolute atomic E-state index is 0.266. The molecular formula is C40H30BNSSi. The molecule has 3 heterocycles. The van der Waals surface area contributed by atoms with Crippen LogP contribution in [0.2, 0.25) is 13.1 Å². The van der Waals surface area contributed by atoms with Crippen LogP contribution in [0.5, 0.6) is 0 Å². The van der Waals surface area contributed by atoms with Gasteiger partial charge >= 0.3 is 0 Å². The van der Waals surface area contributed by atoms with E-state index in [0.717, 1.165) is 0 Å². The van der Waals surface area contributed by atoms with Crippen molar-refractivity contribution in [3.05, 3.63) is 146 Å². The van der Waals surface area contributed by atoms with Crippen molar-refractivity contribution in [1.29, 1.82) is 0 Å². The van der Waals surface area contributed by atoms with E-state index in [1.54, 1.807) is 15.8 Å². The van der Waals surface area contributed by atoms with Crippen LogP contribution in [0.3, 0.4) is 0 Å². The molecule has 6 aromatic carbocycles. The minimum atomic E-state index is -2.11. The highest BCUT2D eigenvalue weighted by molar-refractivity contribution is 7.28. The van der Waals surface area contributed by atoms with Crippen molar-refractivity contribution in [1.82, 2.24) is 0 Å². The molecule has 0 atom stereocenters. The van der Waals surface area contributed by atoms with Crippen LogP contribution < -0.4 is 31.7 Å². The first-order chi connectivity index (χ1) is 21.6. The van der Waals surface area contributed by atoms with Crippen molar-refractivity contribution in [3.63, 3.8) is 0 Å². The molecule has 208 valence electrons. The normalized spacial score (nSPS) is 13.8. The molecule has 0 saturated heterocycles. The molecule has 4 heteroatoms. The summed E-state index contributed by atoms with van der Waals surface area (Å²) in [7, 11) is -2.11. The Kier molecular flexibility index (Phi) is 5.68. The standard InChI is InChI=1S/C40H30BNSSi/c1-44(2)36-26-31(42(29-16-8-4-9-17-29)30-18-10-5-11-19-30)22-23-34(36)41-38-33(40-39(41)32-20-12-13-21-35(32)43-40)24-28(25-37(38)44)27-14-6-3-7-15-27/h3-26H,1-2H3. The molecule has 0 bridgehead atoms. The molecule has 0 saturated carbocycles. The van der Waals surface area contributed by atoms with Gasteiger partial charge in [0.15, 0.2) is 0 Å². The van der Waals surface area contributed by atoms with Gasteiger partial charge in [0.1, 0.15) is 8.07 Å². The highest BCUT2D eigenvalue weighted by atomic mass is 32.1. The Morgan fingerprint density at radius 1 is 0.545 bits per heavy atom. The zero-order chi connectivity index (χ0) is 29.4. The van der Waals surface area contributed by atoms with Gasteiger partial charge in [0, 0.05) is 26.6 Å². The zero-order valence-corrected chi connectivity index (χ0v) is 26.6. The van der Waals surface area contributed by atoms with Crippen LogP contribution in [0.25, 0.3) is 31.7 Å². The zero-order valence-electron chi connectivity index (χ0n) is 24.8. The third-order valence-electron chi connectivity index (χ3n) is 9.72. The van der Waals surface area contributed by atoms with Crippen molar-refractivity contribution >= 4 is 80.0 Å². The predicted molar refractivity (Wildman–Crippen MR) is 195 cm³/mol. The fourth-order valence-corrected chi connectivity index (χ4v) is 12.2. The Morgan fingerprint density at radius 2 is 1.18 bits per heavy atom. The predicted octanol–water partition coefficient (Wildman–Crippen LogP) is 7.67. The van der Waals surface area contributed by atoms with Crippen molar-refractivity contribution in [2.24, 2.45) is 0 Å². The van der Waals surface area contributed by atoms with Gasteiger partial charge < -0.3 is 4.90 Å². The Balaban J connectivity index is 1.32. The number of anilines is 3. The number of thiophene rings is 1. The fraction of sp³-hybridized carbons (Fsp3) is 0.0500. The quantitative estimate of drug-likeness (QED) is 0.189. The Labute approximate surface area is 264 Å². The number of para-hydroxylation sites is 2. The highest BCUT2D eigenvalue weighted by Gasteiger charge is 2.48. The first-order valence-electron chi connectivity index (χ1n) is 15.4. The van der Waals surface area contributed by atoms with Gasteiger partial charge in [-0.3, -0.25) is 0 Å². The van der Waals surface area contributed by atoms with Crippen LogP contribution in [0.15, 0.2) is 146 Å². The molecule has 0 fully saturated rings. The van der Waals surface area contributed by atoms with E-state index in [9.17, 15) is 0 Å². The summed E-state index contributed by atoms with van der Waals surface area (Å²) in [5, 5.41) is 4.54. The molecule has 9 rings (SSSR count). The number of hydrogen-bond acceptors (Lipinski definition) is 2. The molecule has 0 N–H and O–H groups in total. The van der Waals surface area contributed by atoms with Crippen LogP contribution in [0.1, 0.15) is 0 Å². The molecule has 0 aliphatic carbocycles. The second kappa shape index (κ2) is 9.68. The van der Waals surface area contributed by atoms with E-state index in [2.05, 4.69) is 164 Å². The lowest BCUT2D eigenvalue weighted by Gasteiger charge is -2.38. The first-order valence-corrected chi connectivity index (χ1v) is 19.2. The third kappa shape index (κ3) is 3.71. The Hall–Kier alpha value is -4.64. The Bertz CT molecular complexity index is 2170. The number of nitrogens with zero attached hydrogens (tertiary/aromatic N) is 1. The highest BCUT2D eigenvalue weighted by Crippen LogP contribution is 2.39. The van der Waals surface area contributed by atoms with Gasteiger partial charge in [-0.15, -0.1) is 11.3 Å². The van der Waals surface area contributed by atoms with E-state index >= 15 is 0 Å². The van der Waals surface area contributed by atoms with Gasteiger partial charge in [0.2, 0.25) is 6.71 Å². The monoisotopic (exact) mass is 595 g/mol. The molecule has 2 aliphatic heterocycles. The van der Waals surface area contributed by atoms with Gasteiger partial charge in [0.05, 0.1) is 0 Å². The molecule has 0 unspecified atom stereocenters. The number of hydrogen-bond donors (Lipinski definition) is 0. The maximum Gasteiger partial charge on any atom is 0.244 e. The molecule has 1 aromatic heterocycles. The second-order valence-electron chi connectivity index (χ2n) is 12.5.